The largest absolute Gasteiger partial charge is 0.467 e. The van der Waals surface area contributed by atoms with Crippen molar-refractivity contribution >= 4 is 15.8 Å². The number of aromatic nitrogens is 1. The van der Waals surface area contributed by atoms with Gasteiger partial charge >= 0.3 is 6.18 Å². The molecule has 0 fully saturated rings. The van der Waals surface area contributed by atoms with Crippen molar-refractivity contribution < 1.29 is 26.0 Å². The molecule has 0 aliphatic heterocycles. The van der Waals surface area contributed by atoms with E-state index in [9.17, 15) is 21.6 Å². The second-order valence-electron chi connectivity index (χ2n) is 5.73. The number of nitrogens with zero attached hydrogens (tertiary/aromatic N) is 2. The van der Waals surface area contributed by atoms with E-state index in [-0.39, 0.29) is 17.9 Å². The number of hydrogen-bond acceptors (Lipinski definition) is 4. The summed E-state index contributed by atoms with van der Waals surface area (Å²) in [5, 5.41) is 0. The Hall–Kier alpha value is -2.81. The van der Waals surface area contributed by atoms with Crippen LogP contribution in [0.15, 0.2) is 71.5 Å². The van der Waals surface area contributed by atoms with Crippen LogP contribution in [0.25, 0.3) is 0 Å². The Labute approximate surface area is 154 Å². The second-order valence-corrected chi connectivity index (χ2v) is 7.62. The molecule has 0 unspecified atom stereocenters. The molecule has 142 valence electrons. The van der Waals surface area contributed by atoms with E-state index in [0.29, 0.717) is 5.76 Å². The molecule has 27 heavy (non-hydrogen) atoms. The fraction of sp³-hybridized carbons (Fsp3) is 0.167. The van der Waals surface area contributed by atoms with E-state index in [0.717, 1.165) is 16.4 Å². The molecule has 0 atom stereocenters. The molecule has 2 heterocycles. The molecule has 0 N–H and O–H groups in total. The monoisotopic (exact) mass is 396 g/mol. The van der Waals surface area contributed by atoms with Gasteiger partial charge in [-0.2, -0.15) is 13.2 Å². The Balaban J connectivity index is 1.94. The van der Waals surface area contributed by atoms with Crippen molar-refractivity contribution in [1.29, 1.82) is 0 Å². The van der Waals surface area contributed by atoms with Crippen LogP contribution in [0, 0.1) is 0 Å². The highest BCUT2D eigenvalue weighted by Gasteiger charge is 2.31. The molecule has 0 aliphatic rings. The zero-order valence-electron chi connectivity index (χ0n) is 13.9. The summed E-state index contributed by atoms with van der Waals surface area (Å²) < 4.78 is 70.8. The Morgan fingerprint density at radius 3 is 2.48 bits per heavy atom. The first-order valence-corrected chi connectivity index (χ1v) is 9.46. The van der Waals surface area contributed by atoms with E-state index in [4.69, 9.17) is 4.42 Å². The van der Waals surface area contributed by atoms with Crippen molar-refractivity contribution in [2.75, 3.05) is 4.31 Å². The molecule has 0 radical (unpaired) electrons. The zero-order chi connectivity index (χ0) is 19.5. The van der Waals surface area contributed by atoms with Crippen molar-refractivity contribution in [2.45, 2.75) is 18.5 Å². The summed E-state index contributed by atoms with van der Waals surface area (Å²) in [7, 11) is -4.02. The molecule has 5 nitrogen and oxygen atoms in total. The lowest BCUT2D eigenvalue weighted by Crippen LogP contribution is -2.32. The van der Waals surface area contributed by atoms with Gasteiger partial charge in [-0.25, -0.2) is 17.7 Å². The average molecular weight is 396 g/mol. The molecule has 1 aromatic carbocycles. The smallest absolute Gasteiger partial charge is 0.416 e. The van der Waals surface area contributed by atoms with Crippen molar-refractivity contribution in [1.82, 2.24) is 4.98 Å². The topological polar surface area (TPSA) is 63.4 Å². The minimum absolute atomic E-state index is 0.0326. The Morgan fingerprint density at radius 2 is 1.85 bits per heavy atom. The Morgan fingerprint density at radius 1 is 1.04 bits per heavy atom. The quantitative estimate of drug-likeness (QED) is 0.626. The maximum Gasteiger partial charge on any atom is 0.416 e. The van der Waals surface area contributed by atoms with Crippen LogP contribution in [0.2, 0.25) is 0 Å². The van der Waals surface area contributed by atoms with Crippen LogP contribution in [-0.2, 0) is 28.5 Å². The van der Waals surface area contributed by atoms with Crippen molar-refractivity contribution in [2.24, 2.45) is 0 Å². The standard InChI is InChI=1S/C18H15F3N2O3S/c19-18(20,21)15-6-3-5-14(11-15)13-27(24,25)23(12-16-7-4-10-26-16)17-8-1-2-9-22-17/h1-11H,12-13H2. The van der Waals surface area contributed by atoms with E-state index in [1.807, 2.05) is 0 Å². The van der Waals surface area contributed by atoms with Crippen molar-refractivity contribution in [3.8, 4) is 0 Å². The number of anilines is 1. The minimum atomic E-state index is -4.55. The van der Waals surface area contributed by atoms with Gasteiger partial charge in [-0.15, -0.1) is 0 Å². The fourth-order valence-electron chi connectivity index (χ4n) is 2.49. The maximum absolute atomic E-state index is 13.0. The molecule has 0 spiro atoms. The zero-order valence-corrected chi connectivity index (χ0v) is 14.7. The molecule has 0 bridgehead atoms. The van der Waals surface area contributed by atoms with Gasteiger partial charge in [0, 0.05) is 6.20 Å². The number of alkyl halides is 3. The molecule has 2 aromatic heterocycles. The van der Waals surface area contributed by atoms with Gasteiger partial charge in [0.1, 0.15) is 11.6 Å². The van der Waals surface area contributed by atoms with Crippen LogP contribution in [-0.4, -0.2) is 13.4 Å². The SMILES string of the molecule is O=S(=O)(Cc1cccc(C(F)(F)F)c1)N(Cc1ccco1)c1ccccn1. The van der Waals surface area contributed by atoms with E-state index in [2.05, 4.69) is 4.98 Å². The van der Waals surface area contributed by atoms with Gasteiger partial charge in [0.2, 0.25) is 10.0 Å². The van der Waals surface area contributed by atoms with Gasteiger partial charge < -0.3 is 4.42 Å². The molecule has 3 aromatic rings. The molecule has 0 saturated heterocycles. The predicted octanol–water partition coefficient (Wildman–Crippen LogP) is 4.23. The summed E-state index contributed by atoms with van der Waals surface area (Å²) in [5.41, 5.74) is -0.865. The third kappa shape index (κ3) is 4.68. The van der Waals surface area contributed by atoms with Crippen LogP contribution in [0.3, 0.4) is 0 Å². The number of hydrogen-bond donors (Lipinski definition) is 0. The number of benzene rings is 1. The van der Waals surface area contributed by atoms with Gasteiger partial charge in [0.15, 0.2) is 0 Å². The van der Waals surface area contributed by atoms with Gasteiger partial charge in [-0.1, -0.05) is 24.3 Å². The molecular formula is C18H15F3N2O3S. The number of halogens is 3. The lowest BCUT2D eigenvalue weighted by molar-refractivity contribution is -0.137. The summed E-state index contributed by atoms with van der Waals surface area (Å²) in [6, 6.07) is 12.2. The Kier molecular flexibility index (Phi) is 5.22. The first-order valence-electron chi connectivity index (χ1n) is 7.86. The second kappa shape index (κ2) is 7.43. The molecular weight excluding hydrogens is 381 g/mol. The first-order chi connectivity index (χ1) is 12.8. The molecule has 0 saturated carbocycles. The van der Waals surface area contributed by atoms with Gasteiger partial charge in [0.25, 0.3) is 0 Å². The highest BCUT2D eigenvalue weighted by atomic mass is 32.2. The number of pyridine rings is 1. The third-order valence-electron chi connectivity index (χ3n) is 3.72. The normalized spacial score (nSPS) is 12.1. The first kappa shape index (κ1) is 19.0. The third-order valence-corrected chi connectivity index (χ3v) is 5.41. The summed E-state index contributed by atoms with van der Waals surface area (Å²) in [6.07, 6.45) is -1.70. The lowest BCUT2D eigenvalue weighted by Gasteiger charge is -2.22. The number of furan rings is 1. The molecule has 3 rings (SSSR count). The van der Waals surface area contributed by atoms with Crippen LogP contribution >= 0.6 is 0 Å². The summed E-state index contributed by atoms with van der Waals surface area (Å²) >= 11 is 0. The lowest BCUT2D eigenvalue weighted by atomic mass is 10.1. The van der Waals surface area contributed by atoms with E-state index >= 15 is 0 Å². The summed E-state index contributed by atoms with van der Waals surface area (Å²) in [4.78, 5) is 4.05. The summed E-state index contributed by atoms with van der Waals surface area (Å²) in [5.74, 6) is -0.0667. The van der Waals surface area contributed by atoms with Gasteiger partial charge in [-0.3, -0.25) is 0 Å². The molecule has 0 aliphatic carbocycles. The highest BCUT2D eigenvalue weighted by molar-refractivity contribution is 7.92. The van der Waals surface area contributed by atoms with Crippen LogP contribution in [0.4, 0.5) is 19.0 Å². The fourth-order valence-corrected chi connectivity index (χ4v) is 3.97. The molecule has 9 heteroatoms. The maximum atomic E-state index is 13.0. The van der Waals surface area contributed by atoms with Gasteiger partial charge in [0.05, 0.1) is 24.1 Å². The summed E-state index contributed by atoms with van der Waals surface area (Å²) in [6.45, 7) is -0.120. The van der Waals surface area contributed by atoms with Crippen molar-refractivity contribution in [3.63, 3.8) is 0 Å². The van der Waals surface area contributed by atoms with E-state index < -0.39 is 27.5 Å². The van der Waals surface area contributed by atoms with Crippen LogP contribution in [0.1, 0.15) is 16.9 Å². The van der Waals surface area contributed by atoms with E-state index in [1.54, 1.807) is 24.3 Å². The average Bonchev–Trinajstić information content (AvgIpc) is 3.13. The number of sulfonamides is 1. The van der Waals surface area contributed by atoms with Gasteiger partial charge in [-0.05, 0) is 35.9 Å². The van der Waals surface area contributed by atoms with E-state index in [1.165, 1.54) is 30.7 Å². The number of rotatable bonds is 6. The van der Waals surface area contributed by atoms with Crippen LogP contribution < -0.4 is 4.31 Å². The Bertz CT molecular complexity index is 988. The highest BCUT2D eigenvalue weighted by Crippen LogP contribution is 2.30. The minimum Gasteiger partial charge on any atom is -0.467 e. The molecule has 0 amide bonds. The predicted molar refractivity (Wildman–Crippen MR) is 93.2 cm³/mol. The van der Waals surface area contributed by atoms with Crippen LogP contribution in [0.5, 0.6) is 0 Å². The van der Waals surface area contributed by atoms with Crippen molar-refractivity contribution in [3.05, 3.63) is 83.9 Å².